The molecular formula is C42H43IrN2O3-. The van der Waals surface area contributed by atoms with E-state index < -0.39 is 0 Å². The summed E-state index contributed by atoms with van der Waals surface area (Å²) in [4.78, 5) is 17.3. The third kappa shape index (κ3) is 6.08. The fourth-order valence-electron chi connectivity index (χ4n) is 6.29. The van der Waals surface area contributed by atoms with E-state index in [0.29, 0.717) is 0 Å². The van der Waals surface area contributed by atoms with Crippen molar-refractivity contribution in [1.82, 2.24) is 9.55 Å². The summed E-state index contributed by atoms with van der Waals surface area (Å²) < 4.78 is 8.51. The Balaban J connectivity index is 0.000000218. The van der Waals surface area contributed by atoms with E-state index in [9.17, 15) is 9.90 Å². The standard InChI is InChI=1S/C27H15N2O.C15H28O2.Ir/c1-2-9-18(10-3-1)29-21-13-7-15-24-26(21)25-19(11-6-14-23(25)30-24)27-22(29)16-17-8-4-5-12-20(17)28-27;1-7-14(5,8-2)12(16)11-13(17)15(6,9-3)10-4;/h1-10,12-16H;11,16H,7-10H2,1-6H3;/q-1;;/b;12-11-;. The Hall–Kier alpha value is -4.25. The van der Waals surface area contributed by atoms with E-state index in [-0.39, 0.29) is 42.5 Å². The Bertz CT molecular complexity index is 2250. The summed E-state index contributed by atoms with van der Waals surface area (Å²) in [6.45, 7) is 12.1. The normalized spacial score (nSPS) is 12.4. The number of aliphatic hydroxyl groups is 1. The SMILES string of the molecule is CCC(C)(CC)C(=O)/C=C(\O)C(C)(CC)CC.[Ir].[c-]1ccc2oc3cccc4c3c2c1c1nc2ccccc2cc1n4-c1ccccc1. The van der Waals surface area contributed by atoms with Crippen molar-refractivity contribution in [2.24, 2.45) is 10.8 Å². The van der Waals surface area contributed by atoms with Gasteiger partial charge in [-0.2, -0.15) is 0 Å². The van der Waals surface area contributed by atoms with Gasteiger partial charge in [0.15, 0.2) is 5.78 Å². The van der Waals surface area contributed by atoms with Crippen molar-refractivity contribution in [2.45, 2.75) is 67.2 Å². The molecule has 0 aliphatic rings. The third-order valence-electron chi connectivity index (χ3n) is 10.5. The number of nitrogens with zero attached hydrogens (tertiary/aromatic N) is 2. The zero-order valence-electron chi connectivity index (χ0n) is 28.6. The van der Waals surface area contributed by atoms with Gasteiger partial charge in [0.25, 0.3) is 0 Å². The number of aliphatic hydroxyl groups excluding tert-OH is 1. The molecule has 7 rings (SSSR count). The van der Waals surface area contributed by atoms with E-state index in [1.807, 2.05) is 71.9 Å². The molecule has 5 nitrogen and oxygen atoms in total. The fourth-order valence-corrected chi connectivity index (χ4v) is 6.29. The van der Waals surface area contributed by atoms with Crippen LogP contribution in [-0.4, -0.2) is 20.4 Å². The Morgan fingerprint density at radius 3 is 2.15 bits per heavy atom. The van der Waals surface area contributed by atoms with Crippen molar-refractivity contribution in [2.75, 3.05) is 0 Å². The predicted molar refractivity (Wildman–Crippen MR) is 195 cm³/mol. The number of ketones is 1. The summed E-state index contributed by atoms with van der Waals surface area (Å²) in [5.41, 5.74) is 6.26. The molecule has 0 unspecified atom stereocenters. The molecule has 1 N–H and O–H groups in total. The largest absolute Gasteiger partial charge is 0.512 e. The number of allylic oxidation sites excluding steroid dienone is 2. The summed E-state index contributed by atoms with van der Waals surface area (Å²) in [5.74, 6) is 0.286. The number of furan rings is 1. The summed E-state index contributed by atoms with van der Waals surface area (Å²) in [6.07, 6.45) is 4.75. The van der Waals surface area contributed by atoms with Gasteiger partial charge in [-0.1, -0.05) is 95.5 Å². The molecule has 1 radical (unpaired) electrons. The van der Waals surface area contributed by atoms with E-state index in [1.165, 1.54) is 6.08 Å². The van der Waals surface area contributed by atoms with Crippen molar-refractivity contribution in [1.29, 1.82) is 0 Å². The van der Waals surface area contributed by atoms with Crippen molar-refractivity contribution in [3.8, 4) is 5.69 Å². The number of carbonyl (C=O) groups excluding carboxylic acids is 1. The van der Waals surface area contributed by atoms with E-state index in [1.54, 1.807) is 0 Å². The van der Waals surface area contributed by atoms with Crippen molar-refractivity contribution < 1.29 is 34.4 Å². The van der Waals surface area contributed by atoms with Crippen LogP contribution in [0.25, 0.3) is 60.5 Å². The van der Waals surface area contributed by atoms with Gasteiger partial charge >= 0.3 is 0 Å². The van der Waals surface area contributed by atoms with Gasteiger partial charge in [-0.3, -0.25) is 9.78 Å². The van der Waals surface area contributed by atoms with Crippen molar-refractivity contribution in [3.05, 3.63) is 109 Å². The van der Waals surface area contributed by atoms with Gasteiger partial charge in [0.05, 0.1) is 11.1 Å². The second-order valence-corrected chi connectivity index (χ2v) is 13.0. The minimum atomic E-state index is -0.337. The molecule has 3 aromatic heterocycles. The van der Waals surface area contributed by atoms with Gasteiger partial charge in [0.2, 0.25) is 0 Å². The second kappa shape index (κ2) is 14.1. The van der Waals surface area contributed by atoms with Crippen LogP contribution in [0.15, 0.2) is 107 Å². The van der Waals surface area contributed by atoms with E-state index in [2.05, 4.69) is 71.3 Å². The molecule has 0 atom stereocenters. The number of carbonyl (C=O) groups is 1. The minimum absolute atomic E-state index is 0. The molecule has 0 bridgehead atoms. The summed E-state index contributed by atoms with van der Waals surface area (Å²) in [6, 6.07) is 34.6. The molecule has 0 amide bonds. The number of hydrogen-bond acceptors (Lipinski definition) is 4. The molecule has 249 valence electrons. The molecule has 0 saturated heterocycles. The maximum atomic E-state index is 12.2. The predicted octanol–water partition coefficient (Wildman–Crippen LogP) is 11.7. The molecule has 0 aliphatic heterocycles. The van der Waals surface area contributed by atoms with Crippen molar-refractivity contribution in [3.63, 3.8) is 0 Å². The number of hydrogen-bond donors (Lipinski definition) is 1. The average molecular weight is 816 g/mol. The molecule has 0 saturated carbocycles. The first-order valence-electron chi connectivity index (χ1n) is 16.7. The quantitative estimate of drug-likeness (QED) is 0.0942. The van der Waals surface area contributed by atoms with Crippen LogP contribution >= 0.6 is 0 Å². The fraction of sp³-hybridized carbons (Fsp3) is 0.286. The molecule has 3 heterocycles. The van der Waals surface area contributed by atoms with Crippen LogP contribution in [-0.2, 0) is 24.9 Å². The Kier molecular flexibility index (Phi) is 10.3. The zero-order valence-corrected chi connectivity index (χ0v) is 31.0. The van der Waals surface area contributed by atoms with Gasteiger partial charge in [-0.05, 0) is 62.1 Å². The van der Waals surface area contributed by atoms with E-state index in [4.69, 9.17) is 9.40 Å². The van der Waals surface area contributed by atoms with Gasteiger partial charge in [-0.25, -0.2) is 0 Å². The van der Waals surface area contributed by atoms with Gasteiger partial charge in [0.1, 0.15) is 11.3 Å². The van der Waals surface area contributed by atoms with Crippen LogP contribution in [0.4, 0.5) is 0 Å². The van der Waals surface area contributed by atoms with Gasteiger partial charge < -0.3 is 14.1 Å². The van der Waals surface area contributed by atoms with E-state index >= 15 is 0 Å². The zero-order chi connectivity index (χ0) is 33.3. The summed E-state index contributed by atoms with van der Waals surface area (Å²) in [7, 11) is 0. The van der Waals surface area contributed by atoms with Crippen LogP contribution in [0.2, 0.25) is 0 Å². The average Bonchev–Trinajstić information content (AvgIpc) is 3.45. The number of fused-ring (bicyclic) bond motifs is 3. The van der Waals surface area contributed by atoms with E-state index in [0.717, 1.165) is 86.1 Å². The smallest absolute Gasteiger partial charge is 0.164 e. The first kappa shape index (κ1) is 35.1. The first-order valence-corrected chi connectivity index (χ1v) is 16.7. The first-order chi connectivity index (χ1) is 22.7. The monoisotopic (exact) mass is 816 g/mol. The summed E-state index contributed by atoms with van der Waals surface area (Å²) in [5, 5.41) is 14.4. The Morgan fingerprint density at radius 2 is 1.46 bits per heavy atom. The van der Waals surface area contributed by atoms with Gasteiger partial charge in [0, 0.05) is 70.0 Å². The Labute approximate surface area is 296 Å². The second-order valence-electron chi connectivity index (χ2n) is 13.0. The molecule has 6 heteroatoms. The molecule has 0 spiro atoms. The molecule has 7 aromatic rings. The van der Waals surface area contributed by atoms with Crippen LogP contribution in [0.3, 0.4) is 0 Å². The van der Waals surface area contributed by atoms with Crippen LogP contribution in [0, 0.1) is 16.9 Å². The number of pyridine rings is 1. The minimum Gasteiger partial charge on any atom is -0.512 e. The van der Waals surface area contributed by atoms with Crippen LogP contribution in [0.5, 0.6) is 0 Å². The molecule has 0 fully saturated rings. The Morgan fingerprint density at radius 1 is 0.812 bits per heavy atom. The number of para-hydroxylation sites is 2. The maximum Gasteiger partial charge on any atom is 0.164 e. The third-order valence-corrected chi connectivity index (χ3v) is 10.5. The summed E-state index contributed by atoms with van der Waals surface area (Å²) >= 11 is 0. The molecule has 4 aromatic carbocycles. The topological polar surface area (TPSA) is 68.3 Å². The van der Waals surface area contributed by atoms with Crippen LogP contribution in [0.1, 0.15) is 67.2 Å². The van der Waals surface area contributed by atoms with Crippen molar-refractivity contribution >= 4 is 60.6 Å². The van der Waals surface area contributed by atoms with Gasteiger partial charge in [-0.15, -0.1) is 17.5 Å². The maximum absolute atomic E-state index is 12.2. The number of rotatable bonds is 8. The molecule has 0 aliphatic carbocycles. The number of aromatic nitrogens is 2. The van der Waals surface area contributed by atoms with Crippen LogP contribution < -0.4 is 0 Å². The molecule has 48 heavy (non-hydrogen) atoms. The number of benzene rings is 4. The molecular weight excluding hydrogens is 773 g/mol.